The van der Waals surface area contributed by atoms with Crippen LogP contribution in [-0.4, -0.2) is 35.0 Å². The van der Waals surface area contributed by atoms with Crippen LogP contribution in [0.15, 0.2) is 0 Å². The van der Waals surface area contributed by atoms with Crippen molar-refractivity contribution in [2.45, 2.75) is 40.2 Å². The largest absolute Gasteiger partial charge is 0.451 e. The zero-order valence-corrected chi connectivity index (χ0v) is 13.5. The summed E-state index contributed by atoms with van der Waals surface area (Å²) in [5, 5.41) is 5.39. The van der Waals surface area contributed by atoms with Gasteiger partial charge in [0, 0.05) is 5.54 Å². The lowest BCUT2D eigenvalue weighted by Gasteiger charge is -2.20. The number of urea groups is 1. The Labute approximate surface area is 127 Å². The molecule has 0 radical (unpaired) electrons. The van der Waals surface area contributed by atoms with E-state index in [1.807, 2.05) is 0 Å². The second-order valence-electron chi connectivity index (χ2n) is 5.48. The van der Waals surface area contributed by atoms with Crippen LogP contribution in [0.1, 0.15) is 41.1 Å². The number of imide groups is 1. The van der Waals surface area contributed by atoms with E-state index in [2.05, 4.69) is 15.6 Å². The van der Waals surface area contributed by atoms with Gasteiger partial charge in [0.1, 0.15) is 4.88 Å². The summed E-state index contributed by atoms with van der Waals surface area (Å²) in [6, 6.07) is -0.631. The van der Waals surface area contributed by atoms with Gasteiger partial charge in [0.25, 0.3) is 5.91 Å². The number of nitrogens with one attached hydrogen (secondary N) is 2. The van der Waals surface area contributed by atoms with Crippen LogP contribution in [0.2, 0.25) is 0 Å². The Morgan fingerprint density at radius 1 is 1.24 bits per heavy atom. The molecule has 8 heteroatoms. The minimum absolute atomic E-state index is 0.361. The van der Waals surface area contributed by atoms with Gasteiger partial charge in [-0.2, -0.15) is 0 Å². The number of hydrogen-bond acceptors (Lipinski definition) is 6. The van der Waals surface area contributed by atoms with E-state index in [1.54, 1.807) is 34.6 Å². The SMILES string of the molecule is Cc1nc(C)c(C(=O)OCC(=O)NC(=O)NC(C)(C)C)s1. The number of carbonyl (C=O) groups is 3. The molecule has 2 N–H and O–H groups in total. The molecule has 0 spiro atoms. The van der Waals surface area contributed by atoms with E-state index in [0.717, 1.165) is 5.01 Å². The molecule has 1 rings (SSSR count). The number of amides is 3. The molecular weight excluding hydrogens is 294 g/mol. The molecule has 3 amide bonds. The number of aryl methyl sites for hydroxylation is 2. The van der Waals surface area contributed by atoms with Crippen molar-refractivity contribution >= 4 is 29.2 Å². The first kappa shape index (κ1) is 17.1. The second-order valence-corrected chi connectivity index (χ2v) is 6.68. The van der Waals surface area contributed by atoms with Gasteiger partial charge in [-0.15, -0.1) is 11.3 Å². The Hall–Kier alpha value is -1.96. The van der Waals surface area contributed by atoms with E-state index in [4.69, 9.17) is 4.74 Å². The quantitative estimate of drug-likeness (QED) is 0.825. The van der Waals surface area contributed by atoms with Crippen LogP contribution in [0.25, 0.3) is 0 Å². The Kier molecular flexibility index (Phi) is 5.42. The molecule has 1 heterocycles. The summed E-state index contributed by atoms with van der Waals surface area (Å²) < 4.78 is 4.85. The molecule has 0 aliphatic heterocycles. The summed E-state index contributed by atoms with van der Waals surface area (Å²) in [4.78, 5) is 39.2. The van der Waals surface area contributed by atoms with Crippen molar-refractivity contribution in [1.82, 2.24) is 15.6 Å². The van der Waals surface area contributed by atoms with Crippen LogP contribution >= 0.6 is 11.3 Å². The Morgan fingerprint density at radius 3 is 2.33 bits per heavy atom. The third-order valence-corrected chi connectivity index (χ3v) is 3.22. The van der Waals surface area contributed by atoms with Crippen LogP contribution in [-0.2, 0) is 9.53 Å². The molecule has 0 bridgehead atoms. The lowest BCUT2D eigenvalue weighted by atomic mass is 10.1. The zero-order valence-electron chi connectivity index (χ0n) is 12.7. The Morgan fingerprint density at radius 2 is 1.86 bits per heavy atom. The highest BCUT2D eigenvalue weighted by Gasteiger charge is 2.19. The molecule has 1 aromatic heterocycles. The van der Waals surface area contributed by atoms with E-state index in [9.17, 15) is 14.4 Å². The number of carbonyl (C=O) groups excluding carboxylic acids is 3. The molecular formula is C13H19N3O4S. The highest BCUT2D eigenvalue weighted by Crippen LogP contribution is 2.17. The number of aromatic nitrogens is 1. The van der Waals surface area contributed by atoms with Gasteiger partial charge in [-0.1, -0.05) is 0 Å². The molecule has 21 heavy (non-hydrogen) atoms. The van der Waals surface area contributed by atoms with E-state index in [1.165, 1.54) is 11.3 Å². The number of rotatable bonds is 3. The fourth-order valence-corrected chi connectivity index (χ4v) is 2.27. The topological polar surface area (TPSA) is 97.4 Å². The lowest BCUT2D eigenvalue weighted by molar-refractivity contribution is -0.123. The predicted octanol–water partition coefficient (Wildman–Crippen LogP) is 1.54. The number of thiazole rings is 1. The predicted molar refractivity (Wildman–Crippen MR) is 78.3 cm³/mol. The smallest absolute Gasteiger partial charge is 0.350 e. The summed E-state index contributed by atoms with van der Waals surface area (Å²) in [5.41, 5.74) is 0.103. The second kappa shape index (κ2) is 6.66. The van der Waals surface area contributed by atoms with Crippen LogP contribution in [0.4, 0.5) is 4.79 Å². The van der Waals surface area contributed by atoms with Crippen LogP contribution in [0.3, 0.4) is 0 Å². The van der Waals surface area contributed by atoms with Crippen molar-refractivity contribution < 1.29 is 19.1 Å². The van der Waals surface area contributed by atoms with Gasteiger partial charge < -0.3 is 10.1 Å². The normalized spacial score (nSPS) is 10.9. The third kappa shape index (κ3) is 5.90. The van der Waals surface area contributed by atoms with Crippen molar-refractivity contribution in [3.05, 3.63) is 15.6 Å². The maximum atomic E-state index is 11.8. The zero-order chi connectivity index (χ0) is 16.2. The van der Waals surface area contributed by atoms with Gasteiger partial charge in [0.2, 0.25) is 0 Å². The van der Waals surface area contributed by atoms with Crippen molar-refractivity contribution in [2.75, 3.05) is 6.61 Å². The first-order valence-electron chi connectivity index (χ1n) is 6.31. The van der Waals surface area contributed by atoms with Crippen molar-refractivity contribution in [1.29, 1.82) is 0 Å². The standard InChI is InChI=1S/C13H19N3O4S/c1-7-10(21-8(2)14-7)11(18)20-6-9(17)15-12(19)16-13(3,4)5/h6H2,1-5H3,(H2,15,16,17,19). The van der Waals surface area contributed by atoms with E-state index in [0.29, 0.717) is 10.6 Å². The summed E-state index contributed by atoms with van der Waals surface area (Å²) in [6.07, 6.45) is 0. The summed E-state index contributed by atoms with van der Waals surface area (Å²) in [6.45, 7) is 8.30. The molecule has 0 atom stereocenters. The molecule has 1 aromatic rings. The monoisotopic (exact) mass is 313 g/mol. The molecule has 0 fully saturated rings. The van der Waals surface area contributed by atoms with Gasteiger partial charge in [-0.05, 0) is 34.6 Å². The van der Waals surface area contributed by atoms with Gasteiger partial charge in [-0.3, -0.25) is 10.1 Å². The lowest BCUT2D eigenvalue weighted by Crippen LogP contribution is -2.49. The van der Waals surface area contributed by atoms with Crippen LogP contribution in [0, 0.1) is 13.8 Å². The number of ether oxygens (including phenoxy) is 1. The van der Waals surface area contributed by atoms with E-state index >= 15 is 0 Å². The maximum Gasteiger partial charge on any atom is 0.350 e. The molecule has 0 saturated carbocycles. The molecule has 0 unspecified atom stereocenters. The van der Waals surface area contributed by atoms with Crippen molar-refractivity contribution in [3.63, 3.8) is 0 Å². The average molecular weight is 313 g/mol. The fourth-order valence-electron chi connectivity index (χ4n) is 1.45. The Bertz CT molecular complexity index is 560. The van der Waals surface area contributed by atoms with Crippen LogP contribution < -0.4 is 10.6 Å². The van der Waals surface area contributed by atoms with Crippen LogP contribution in [0.5, 0.6) is 0 Å². The molecule has 0 aromatic carbocycles. The van der Waals surface area contributed by atoms with Gasteiger partial charge in [0.05, 0.1) is 10.7 Å². The minimum atomic E-state index is -0.691. The first-order chi connectivity index (χ1) is 9.58. The van der Waals surface area contributed by atoms with Gasteiger partial charge in [0.15, 0.2) is 6.61 Å². The van der Waals surface area contributed by atoms with E-state index in [-0.39, 0.29) is 0 Å². The fraction of sp³-hybridized carbons (Fsp3) is 0.538. The highest BCUT2D eigenvalue weighted by atomic mass is 32.1. The number of nitrogens with zero attached hydrogens (tertiary/aromatic N) is 1. The van der Waals surface area contributed by atoms with Crippen molar-refractivity contribution in [3.8, 4) is 0 Å². The summed E-state index contributed by atoms with van der Waals surface area (Å²) >= 11 is 1.20. The molecule has 7 nitrogen and oxygen atoms in total. The number of esters is 1. The summed E-state index contributed by atoms with van der Waals surface area (Å²) in [5.74, 6) is -1.31. The maximum absolute atomic E-state index is 11.8. The Balaban J connectivity index is 2.45. The van der Waals surface area contributed by atoms with Gasteiger partial charge >= 0.3 is 12.0 Å². The first-order valence-corrected chi connectivity index (χ1v) is 7.13. The van der Waals surface area contributed by atoms with E-state index < -0.39 is 30.1 Å². The third-order valence-electron chi connectivity index (χ3n) is 2.16. The van der Waals surface area contributed by atoms with Gasteiger partial charge in [-0.25, -0.2) is 14.6 Å². The molecule has 0 aliphatic carbocycles. The van der Waals surface area contributed by atoms with Crippen molar-refractivity contribution in [2.24, 2.45) is 0 Å². The minimum Gasteiger partial charge on any atom is -0.451 e. The summed E-state index contributed by atoms with van der Waals surface area (Å²) in [7, 11) is 0. The molecule has 0 saturated heterocycles. The average Bonchev–Trinajstić information content (AvgIpc) is 2.62. The highest BCUT2D eigenvalue weighted by molar-refractivity contribution is 7.13. The molecule has 116 valence electrons. The number of hydrogen-bond donors (Lipinski definition) is 2. The molecule has 0 aliphatic rings.